The van der Waals surface area contributed by atoms with Crippen molar-refractivity contribution in [2.75, 3.05) is 30.4 Å². The number of nitrogens with one attached hydrogen (secondary N) is 1. The van der Waals surface area contributed by atoms with Gasteiger partial charge in [-0.25, -0.2) is 9.97 Å². The number of aromatic nitrogens is 2. The SMILES string of the molecule is CN(CCCNc1ncncc1I)c1ccccc1. The first-order chi connectivity index (χ1) is 9.27. The molecule has 100 valence electrons. The van der Waals surface area contributed by atoms with E-state index >= 15 is 0 Å². The van der Waals surface area contributed by atoms with Gasteiger partial charge in [0.15, 0.2) is 0 Å². The van der Waals surface area contributed by atoms with Crippen molar-refractivity contribution >= 4 is 34.1 Å². The lowest BCUT2D eigenvalue weighted by molar-refractivity contribution is 0.813. The van der Waals surface area contributed by atoms with Crippen LogP contribution in [0.4, 0.5) is 11.5 Å². The maximum absolute atomic E-state index is 4.21. The van der Waals surface area contributed by atoms with E-state index in [0.717, 1.165) is 28.9 Å². The third-order valence-corrected chi connectivity index (χ3v) is 3.62. The Morgan fingerprint density at radius 2 is 2.05 bits per heavy atom. The second kappa shape index (κ2) is 7.28. The maximum Gasteiger partial charge on any atom is 0.142 e. The third-order valence-electron chi connectivity index (χ3n) is 2.83. The quantitative estimate of drug-likeness (QED) is 0.629. The molecule has 0 saturated heterocycles. The molecule has 0 aliphatic heterocycles. The van der Waals surface area contributed by atoms with Gasteiger partial charge in [-0.2, -0.15) is 0 Å². The number of hydrogen-bond acceptors (Lipinski definition) is 4. The first kappa shape index (κ1) is 14.0. The van der Waals surface area contributed by atoms with Gasteiger partial charge in [-0.3, -0.25) is 0 Å². The van der Waals surface area contributed by atoms with Crippen molar-refractivity contribution in [2.24, 2.45) is 0 Å². The lowest BCUT2D eigenvalue weighted by Gasteiger charge is -2.19. The van der Waals surface area contributed by atoms with Gasteiger partial charge in [-0.15, -0.1) is 0 Å². The molecule has 4 nitrogen and oxygen atoms in total. The van der Waals surface area contributed by atoms with Crippen LogP contribution < -0.4 is 10.2 Å². The van der Waals surface area contributed by atoms with E-state index in [1.54, 1.807) is 6.33 Å². The summed E-state index contributed by atoms with van der Waals surface area (Å²) in [6.07, 6.45) is 4.44. The van der Waals surface area contributed by atoms with Crippen LogP contribution in [-0.2, 0) is 0 Å². The second-order valence-electron chi connectivity index (χ2n) is 4.26. The number of para-hydroxylation sites is 1. The standard InChI is InChI=1S/C14H17IN4/c1-19(12-6-3-2-4-7-12)9-5-8-17-14-13(15)10-16-11-18-14/h2-4,6-7,10-11H,5,8-9H2,1H3,(H,16,17,18). The van der Waals surface area contributed by atoms with E-state index in [4.69, 9.17) is 0 Å². The first-order valence-electron chi connectivity index (χ1n) is 6.23. The smallest absolute Gasteiger partial charge is 0.142 e. The molecule has 2 rings (SSSR count). The minimum atomic E-state index is 0.907. The number of benzene rings is 1. The minimum Gasteiger partial charge on any atom is -0.375 e. The minimum absolute atomic E-state index is 0.907. The van der Waals surface area contributed by atoms with Gasteiger partial charge in [0.25, 0.3) is 0 Å². The van der Waals surface area contributed by atoms with E-state index in [1.165, 1.54) is 5.69 Å². The largest absolute Gasteiger partial charge is 0.375 e. The molecular formula is C14H17IN4. The molecule has 0 saturated carbocycles. The van der Waals surface area contributed by atoms with Crippen LogP contribution in [0.5, 0.6) is 0 Å². The van der Waals surface area contributed by atoms with Crippen molar-refractivity contribution < 1.29 is 0 Å². The van der Waals surface area contributed by atoms with Gasteiger partial charge in [0, 0.05) is 32.0 Å². The Morgan fingerprint density at radius 3 is 2.79 bits per heavy atom. The van der Waals surface area contributed by atoms with Gasteiger partial charge in [0.1, 0.15) is 12.1 Å². The Morgan fingerprint density at radius 1 is 1.26 bits per heavy atom. The molecule has 0 bridgehead atoms. The number of nitrogens with zero attached hydrogens (tertiary/aromatic N) is 3. The normalized spacial score (nSPS) is 10.2. The summed E-state index contributed by atoms with van der Waals surface area (Å²) in [4.78, 5) is 10.4. The van der Waals surface area contributed by atoms with E-state index in [0.29, 0.717) is 0 Å². The molecule has 1 aromatic heterocycles. The number of anilines is 2. The zero-order chi connectivity index (χ0) is 13.5. The summed E-state index contributed by atoms with van der Waals surface area (Å²) in [5.41, 5.74) is 1.25. The Hall–Kier alpha value is -1.37. The summed E-state index contributed by atoms with van der Waals surface area (Å²) >= 11 is 2.24. The van der Waals surface area contributed by atoms with Crippen molar-refractivity contribution in [3.63, 3.8) is 0 Å². The topological polar surface area (TPSA) is 41.0 Å². The molecule has 19 heavy (non-hydrogen) atoms. The molecular weight excluding hydrogens is 351 g/mol. The van der Waals surface area contributed by atoms with Gasteiger partial charge < -0.3 is 10.2 Å². The van der Waals surface area contributed by atoms with E-state index in [-0.39, 0.29) is 0 Å². The van der Waals surface area contributed by atoms with Crippen LogP contribution in [0.25, 0.3) is 0 Å². The molecule has 0 atom stereocenters. The molecule has 0 aliphatic carbocycles. The van der Waals surface area contributed by atoms with Crippen LogP contribution >= 0.6 is 22.6 Å². The summed E-state index contributed by atoms with van der Waals surface area (Å²) in [6, 6.07) is 10.4. The number of hydrogen-bond donors (Lipinski definition) is 1. The van der Waals surface area contributed by atoms with Gasteiger partial charge in [-0.1, -0.05) is 18.2 Å². The van der Waals surface area contributed by atoms with Crippen LogP contribution in [0, 0.1) is 3.57 Å². The maximum atomic E-state index is 4.21. The van der Waals surface area contributed by atoms with Crippen molar-refractivity contribution in [3.05, 3.63) is 46.4 Å². The van der Waals surface area contributed by atoms with Gasteiger partial charge in [0.2, 0.25) is 0 Å². The summed E-state index contributed by atoms with van der Waals surface area (Å²) in [6.45, 7) is 1.92. The van der Waals surface area contributed by atoms with Crippen molar-refractivity contribution in [2.45, 2.75) is 6.42 Å². The van der Waals surface area contributed by atoms with E-state index < -0.39 is 0 Å². The first-order valence-corrected chi connectivity index (χ1v) is 7.31. The Bertz CT molecular complexity index is 504. The fourth-order valence-electron chi connectivity index (χ4n) is 1.78. The predicted molar refractivity (Wildman–Crippen MR) is 87.6 cm³/mol. The fraction of sp³-hybridized carbons (Fsp3) is 0.286. The number of halogens is 1. The summed E-state index contributed by atoms with van der Waals surface area (Å²) in [5, 5.41) is 3.33. The molecule has 1 heterocycles. The van der Waals surface area contributed by atoms with Crippen LogP contribution in [0.3, 0.4) is 0 Å². The van der Waals surface area contributed by atoms with Crippen molar-refractivity contribution in [3.8, 4) is 0 Å². The Labute approximate surface area is 127 Å². The fourth-order valence-corrected chi connectivity index (χ4v) is 2.27. The average molecular weight is 368 g/mol. The van der Waals surface area contributed by atoms with Crippen LogP contribution in [0.1, 0.15) is 6.42 Å². The highest BCUT2D eigenvalue weighted by atomic mass is 127. The number of rotatable bonds is 6. The molecule has 0 fully saturated rings. The molecule has 1 aromatic carbocycles. The molecule has 0 spiro atoms. The van der Waals surface area contributed by atoms with E-state index in [9.17, 15) is 0 Å². The van der Waals surface area contributed by atoms with Gasteiger partial charge >= 0.3 is 0 Å². The zero-order valence-electron chi connectivity index (χ0n) is 10.9. The molecule has 0 aliphatic rings. The monoisotopic (exact) mass is 368 g/mol. The highest BCUT2D eigenvalue weighted by Gasteiger charge is 2.01. The molecule has 1 N–H and O–H groups in total. The molecule has 5 heteroatoms. The third kappa shape index (κ3) is 4.34. The van der Waals surface area contributed by atoms with Gasteiger partial charge in [0.05, 0.1) is 3.57 Å². The summed E-state index contributed by atoms with van der Waals surface area (Å²) in [5.74, 6) is 0.915. The van der Waals surface area contributed by atoms with E-state index in [2.05, 4.69) is 74.1 Å². The summed E-state index contributed by atoms with van der Waals surface area (Å²) < 4.78 is 1.05. The average Bonchev–Trinajstić information content (AvgIpc) is 2.46. The Balaban J connectivity index is 1.74. The van der Waals surface area contributed by atoms with Crippen LogP contribution in [0.15, 0.2) is 42.9 Å². The van der Waals surface area contributed by atoms with Gasteiger partial charge in [-0.05, 0) is 41.1 Å². The lowest BCUT2D eigenvalue weighted by Crippen LogP contribution is -2.21. The molecule has 0 amide bonds. The predicted octanol–water partition coefficient (Wildman–Crippen LogP) is 3.02. The molecule has 0 unspecified atom stereocenters. The van der Waals surface area contributed by atoms with Crippen LogP contribution in [-0.4, -0.2) is 30.1 Å². The van der Waals surface area contributed by atoms with Crippen LogP contribution in [0.2, 0.25) is 0 Å². The van der Waals surface area contributed by atoms with Crippen molar-refractivity contribution in [1.82, 2.24) is 9.97 Å². The highest BCUT2D eigenvalue weighted by Crippen LogP contribution is 2.13. The second-order valence-corrected chi connectivity index (χ2v) is 5.42. The molecule has 2 aromatic rings. The van der Waals surface area contributed by atoms with Crippen molar-refractivity contribution in [1.29, 1.82) is 0 Å². The molecule has 0 radical (unpaired) electrons. The lowest BCUT2D eigenvalue weighted by atomic mass is 10.3. The highest BCUT2D eigenvalue weighted by molar-refractivity contribution is 14.1. The Kier molecular flexibility index (Phi) is 5.38. The summed E-state index contributed by atoms with van der Waals surface area (Å²) in [7, 11) is 2.11. The zero-order valence-corrected chi connectivity index (χ0v) is 13.0. The van der Waals surface area contributed by atoms with E-state index in [1.807, 2.05) is 12.3 Å².